The summed E-state index contributed by atoms with van der Waals surface area (Å²) in [5.74, 6) is -0.363. The maximum atomic E-state index is 12.7. The van der Waals surface area contributed by atoms with Gasteiger partial charge in [0, 0.05) is 12.1 Å². The van der Waals surface area contributed by atoms with Crippen LogP contribution in [0, 0.1) is 0 Å². The lowest BCUT2D eigenvalue weighted by molar-refractivity contribution is -0.143. The number of halogens is 1. The molecule has 1 aromatic carbocycles. The molecule has 22 heavy (non-hydrogen) atoms. The summed E-state index contributed by atoms with van der Waals surface area (Å²) in [6.45, 7) is 0.446. The number of hydrogen-bond acceptors (Lipinski definition) is 4. The number of aliphatic carboxylic acids is 1. The van der Waals surface area contributed by atoms with Crippen LogP contribution in [0.3, 0.4) is 0 Å². The number of carbonyl (C=O) groups is 2. The van der Waals surface area contributed by atoms with Crippen LogP contribution in [0.5, 0.6) is 11.5 Å². The van der Waals surface area contributed by atoms with Gasteiger partial charge in [0.15, 0.2) is 11.5 Å². The smallest absolute Gasteiger partial charge is 0.326 e. The predicted octanol–water partition coefficient (Wildman–Crippen LogP) is 2.55. The first-order valence-electron chi connectivity index (χ1n) is 6.95. The Morgan fingerprint density at radius 3 is 2.59 bits per heavy atom. The van der Waals surface area contributed by atoms with Crippen LogP contribution in [0.25, 0.3) is 0 Å². The molecule has 1 amide bonds. The normalized spacial score (nSPS) is 18.0. The van der Waals surface area contributed by atoms with Crippen molar-refractivity contribution >= 4 is 27.8 Å². The van der Waals surface area contributed by atoms with Crippen molar-refractivity contribution in [1.29, 1.82) is 0 Å². The largest absolute Gasteiger partial charge is 0.493 e. The summed E-state index contributed by atoms with van der Waals surface area (Å²) in [5, 5.41) is 9.29. The summed E-state index contributed by atoms with van der Waals surface area (Å²) in [6.07, 6.45) is 2.11. The van der Waals surface area contributed by atoms with Crippen molar-refractivity contribution in [2.24, 2.45) is 0 Å². The number of amides is 1. The van der Waals surface area contributed by atoms with Gasteiger partial charge in [0.1, 0.15) is 6.04 Å². The molecule has 1 aliphatic rings. The Kier molecular flexibility index (Phi) is 5.28. The Morgan fingerprint density at radius 2 is 2.00 bits per heavy atom. The fourth-order valence-electron chi connectivity index (χ4n) is 2.64. The SMILES string of the molecule is COc1cc(C(=O)N2CCCCC2C(=O)O)cc(Br)c1OC. The molecule has 0 aromatic heterocycles. The summed E-state index contributed by atoms with van der Waals surface area (Å²) in [5.41, 5.74) is 0.373. The number of hydrogen-bond donors (Lipinski definition) is 1. The molecule has 1 heterocycles. The molecule has 1 fully saturated rings. The van der Waals surface area contributed by atoms with Crippen molar-refractivity contribution in [3.05, 3.63) is 22.2 Å². The van der Waals surface area contributed by atoms with Gasteiger partial charge in [-0.25, -0.2) is 4.79 Å². The highest BCUT2D eigenvalue weighted by molar-refractivity contribution is 9.10. The van der Waals surface area contributed by atoms with E-state index in [1.54, 1.807) is 12.1 Å². The summed E-state index contributed by atoms with van der Waals surface area (Å²) in [4.78, 5) is 25.4. The highest BCUT2D eigenvalue weighted by Crippen LogP contribution is 2.37. The quantitative estimate of drug-likeness (QED) is 0.879. The highest BCUT2D eigenvalue weighted by Gasteiger charge is 2.33. The molecule has 1 atom stereocenters. The number of carboxylic acid groups (broad SMARTS) is 1. The van der Waals surface area contributed by atoms with Crippen molar-refractivity contribution in [2.45, 2.75) is 25.3 Å². The molecule has 0 radical (unpaired) electrons. The van der Waals surface area contributed by atoms with Crippen LogP contribution >= 0.6 is 15.9 Å². The number of ether oxygens (including phenoxy) is 2. The van der Waals surface area contributed by atoms with E-state index in [2.05, 4.69) is 15.9 Å². The van der Waals surface area contributed by atoms with Gasteiger partial charge in [0.2, 0.25) is 0 Å². The molecule has 1 N–H and O–H groups in total. The van der Waals surface area contributed by atoms with Crippen LogP contribution in [0.1, 0.15) is 29.6 Å². The Labute approximate surface area is 137 Å². The number of rotatable bonds is 4. The number of methoxy groups -OCH3 is 2. The molecule has 0 spiro atoms. The third-order valence-electron chi connectivity index (χ3n) is 3.73. The Balaban J connectivity index is 2.36. The summed E-state index contributed by atoms with van der Waals surface area (Å²) in [6, 6.07) is 2.42. The summed E-state index contributed by atoms with van der Waals surface area (Å²) < 4.78 is 11.0. The van der Waals surface area contributed by atoms with Crippen LogP contribution in [-0.2, 0) is 4.79 Å². The highest BCUT2D eigenvalue weighted by atomic mass is 79.9. The van der Waals surface area contributed by atoms with Gasteiger partial charge in [-0.1, -0.05) is 0 Å². The zero-order valence-electron chi connectivity index (χ0n) is 12.5. The molecule has 1 aliphatic heterocycles. The van der Waals surface area contributed by atoms with E-state index >= 15 is 0 Å². The average Bonchev–Trinajstić information content (AvgIpc) is 2.53. The molecule has 1 aromatic rings. The summed E-state index contributed by atoms with van der Waals surface area (Å²) >= 11 is 3.34. The average molecular weight is 372 g/mol. The fraction of sp³-hybridized carbons (Fsp3) is 0.467. The van der Waals surface area contributed by atoms with Gasteiger partial charge >= 0.3 is 5.97 Å². The fourth-order valence-corrected chi connectivity index (χ4v) is 3.24. The zero-order valence-corrected chi connectivity index (χ0v) is 14.1. The third kappa shape index (κ3) is 3.19. The topological polar surface area (TPSA) is 76.1 Å². The number of piperidine rings is 1. The molecule has 1 unspecified atom stereocenters. The molecular weight excluding hydrogens is 354 g/mol. The standard InChI is InChI=1S/C15H18BrNO5/c1-21-12-8-9(7-10(16)13(12)22-2)14(18)17-6-4-3-5-11(17)15(19)20/h7-8,11H,3-6H2,1-2H3,(H,19,20). The van der Waals surface area contributed by atoms with Crippen molar-refractivity contribution in [2.75, 3.05) is 20.8 Å². The van der Waals surface area contributed by atoms with E-state index in [9.17, 15) is 14.7 Å². The summed E-state index contributed by atoms with van der Waals surface area (Å²) in [7, 11) is 2.99. The first-order valence-corrected chi connectivity index (χ1v) is 7.74. The molecule has 1 saturated heterocycles. The van der Waals surface area contributed by atoms with Crippen LogP contribution in [0.2, 0.25) is 0 Å². The second kappa shape index (κ2) is 7.00. The van der Waals surface area contributed by atoms with Crippen molar-refractivity contribution in [3.63, 3.8) is 0 Å². The second-order valence-corrected chi connectivity index (χ2v) is 5.90. The Morgan fingerprint density at radius 1 is 1.27 bits per heavy atom. The third-order valence-corrected chi connectivity index (χ3v) is 4.32. The first kappa shape index (κ1) is 16.6. The van der Waals surface area contributed by atoms with Gasteiger partial charge in [0.05, 0.1) is 18.7 Å². The van der Waals surface area contributed by atoms with Crippen molar-refractivity contribution in [1.82, 2.24) is 4.90 Å². The monoisotopic (exact) mass is 371 g/mol. The van der Waals surface area contributed by atoms with Gasteiger partial charge in [0.25, 0.3) is 5.91 Å². The maximum Gasteiger partial charge on any atom is 0.326 e. The van der Waals surface area contributed by atoms with Gasteiger partial charge in [-0.05, 0) is 47.3 Å². The van der Waals surface area contributed by atoms with Crippen molar-refractivity contribution in [3.8, 4) is 11.5 Å². The van der Waals surface area contributed by atoms with E-state index in [1.165, 1.54) is 19.1 Å². The van der Waals surface area contributed by atoms with Gasteiger partial charge in [-0.3, -0.25) is 4.79 Å². The Hall–Kier alpha value is -1.76. The molecule has 2 rings (SSSR count). The molecule has 0 aliphatic carbocycles. The second-order valence-electron chi connectivity index (χ2n) is 5.04. The van der Waals surface area contributed by atoms with Crippen LogP contribution < -0.4 is 9.47 Å². The van der Waals surface area contributed by atoms with Crippen LogP contribution in [0.15, 0.2) is 16.6 Å². The van der Waals surface area contributed by atoms with Gasteiger partial charge in [-0.15, -0.1) is 0 Å². The lowest BCUT2D eigenvalue weighted by Gasteiger charge is -2.33. The molecule has 6 nitrogen and oxygen atoms in total. The van der Waals surface area contributed by atoms with Crippen molar-refractivity contribution < 1.29 is 24.2 Å². The number of benzene rings is 1. The number of likely N-dealkylation sites (tertiary alicyclic amines) is 1. The molecule has 0 saturated carbocycles. The number of nitrogens with zero attached hydrogens (tertiary/aromatic N) is 1. The van der Waals surface area contributed by atoms with E-state index in [0.29, 0.717) is 34.5 Å². The number of carbonyl (C=O) groups excluding carboxylic acids is 1. The minimum atomic E-state index is -0.965. The van der Waals surface area contributed by atoms with E-state index in [1.807, 2.05) is 0 Å². The zero-order chi connectivity index (χ0) is 16.3. The lowest BCUT2D eigenvalue weighted by Crippen LogP contribution is -2.48. The van der Waals surface area contributed by atoms with Gasteiger partial charge < -0.3 is 19.5 Å². The maximum absolute atomic E-state index is 12.7. The van der Waals surface area contributed by atoms with E-state index in [0.717, 1.165) is 12.8 Å². The lowest BCUT2D eigenvalue weighted by atomic mass is 10.0. The van der Waals surface area contributed by atoms with E-state index in [4.69, 9.17) is 9.47 Å². The van der Waals surface area contributed by atoms with Crippen LogP contribution in [0.4, 0.5) is 0 Å². The first-order chi connectivity index (χ1) is 10.5. The molecule has 7 heteroatoms. The number of carboxylic acids is 1. The molecule has 0 bridgehead atoms. The van der Waals surface area contributed by atoms with E-state index in [-0.39, 0.29) is 5.91 Å². The Bertz CT molecular complexity index is 590. The van der Waals surface area contributed by atoms with Crippen LogP contribution in [-0.4, -0.2) is 48.7 Å². The predicted molar refractivity (Wildman–Crippen MR) is 83.6 cm³/mol. The van der Waals surface area contributed by atoms with E-state index < -0.39 is 12.0 Å². The minimum absolute atomic E-state index is 0.311. The molecule has 120 valence electrons. The van der Waals surface area contributed by atoms with Gasteiger partial charge in [-0.2, -0.15) is 0 Å². The minimum Gasteiger partial charge on any atom is -0.493 e. The molecular formula is C15H18BrNO5.